The van der Waals surface area contributed by atoms with Gasteiger partial charge in [-0.05, 0) is 0 Å². The topological polar surface area (TPSA) is 37.4 Å². The zero-order valence-electron chi connectivity index (χ0n) is 6.68. The predicted octanol–water partition coefficient (Wildman–Crippen LogP) is 0.444. The smallest absolute Gasteiger partial charge is 0.220 e. The highest BCUT2D eigenvalue weighted by Crippen LogP contribution is 2.00. The van der Waals surface area contributed by atoms with Crippen LogP contribution in [0.15, 0.2) is 0 Å². The fraction of sp³-hybridized carbons (Fsp3) is 0.714. The first-order valence-electron chi connectivity index (χ1n) is 3.47. The van der Waals surface area contributed by atoms with Gasteiger partial charge in [0.15, 0.2) is 5.78 Å². The molecule has 1 aliphatic rings. The highest BCUT2D eigenvalue weighted by molar-refractivity contribution is 5.95. The molecule has 0 N–H and O–H groups in total. The van der Waals surface area contributed by atoms with E-state index in [4.69, 9.17) is 0 Å². The lowest BCUT2D eigenvalue weighted by atomic mass is 10.2. The van der Waals surface area contributed by atoms with Crippen LogP contribution in [0.5, 0.6) is 0 Å². The lowest BCUT2D eigenvalue weighted by Crippen LogP contribution is -2.49. The molecule has 0 radical (unpaired) electrons. The van der Waals surface area contributed by atoms with Crippen LogP contribution in [0.3, 0.4) is 0 Å². The number of ketones is 1. The maximum absolute atomic E-state index is 10.3. The van der Waals surface area contributed by atoms with Crippen LogP contribution in [0.2, 0.25) is 0 Å². The van der Waals surface area contributed by atoms with Gasteiger partial charge >= 0.3 is 0 Å². The second-order valence-corrected chi connectivity index (χ2v) is 1.91. The van der Waals surface area contributed by atoms with Gasteiger partial charge < -0.3 is 4.90 Å². The molecule has 0 unspecified atom stereocenters. The number of hydrogen-bond donors (Lipinski definition) is 0. The molecule has 0 bridgehead atoms. The summed E-state index contributed by atoms with van der Waals surface area (Å²) in [6, 6.07) is 0. The summed E-state index contributed by atoms with van der Waals surface area (Å²) in [6.45, 7) is 6.12. The molecule has 1 aliphatic heterocycles. The molecule has 0 spiro atoms. The van der Waals surface area contributed by atoms with E-state index in [9.17, 15) is 9.59 Å². The summed E-state index contributed by atoms with van der Waals surface area (Å²) in [4.78, 5) is 22.1. The van der Waals surface area contributed by atoms with Gasteiger partial charge in [0.25, 0.3) is 0 Å². The fourth-order valence-electron chi connectivity index (χ4n) is 0.602. The molecule has 0 saturated carbocycles. The van der Waals surface area contributed by atoms with Crippen molar-refractivity contribution in [1.29, 1.82) is 0 Å². The third-order valence-electron chi connectivity index (χ3n) is 1.18. The first-order valence-corrected chi connectivity index (χ1v) is 3.47. The lowest BCUT2D eigenvalue weighted by Gasteiger charge is -2.27. The molecule has 58 valence electrons. The largest absolute Gasteiger partial charge is 0.328 e. The summed E-state index contributed by atoms with van der Waals surface area (Å²) in [7, 11) is 0. The van der Waals surface area contributed by atoms with Crippen molar-refractivity contribution in [2.24, 2.45) is 0 Å². The minimum absolute atomic E-state index is 0.00963. The molecule has 1 amide bonds. The van der Waals surface area contributed by atoms with Gasteiger partial charge in [0.05, 0.1) is 13.1 Å². The Morgan fingerprint density at radius 3 is 1.90 bits per heavy atom. The third kappa shape index (κ3) is 2.17. The highest BCUT2D eigenvalue weighted by Gasteiger charge is 2.24. The summed E-state index contributed by atoms with van der Waals surface area (Å²) >= 11 is 0. The Hall–Kier alpha value is -0.860. The highest BCUT2D eigenvalue weighted by atomic mass is 16.2. The van der Waals surface area contributed by atoms with Crippen LogP contribution < -0.4 is 0 Å². The van der Waals surface area contributed by atoms with Crippen molar-refractivity contribution >= 4 is 11.7 Å². The Morgan fingerprint density at radius 1 is 1.40 bits per heavy atom. The van der Waals surface area contributed by atoms with E-state index in [1.54, 1.807) is 0 Å². The molecular weight excluding hydrogens is 130 g/mol. The number of rotatable bonds is 0. The van der Waals surface area contributed by atoms with Crippen molar-refractivity contribution in [3.8, 4) is 0 Å². The minimum Gasteiger partial charge on any atom is -0.328 e. The molecule has 1 saturated heterocycles. The standard InChI is InChI=1S/C5H7NO2.C2H6/c1-4(7)6-2-5(8)3-6;1-2/h2-3H2,1H3;1-2H3. The van der Waals surface area contributed by atoms with Gasteiger partial charge in [-0.25, -0.2) is 0 Å². The Balaban J connectivity index is 0.000000371. The number of amides is 1. The second kappa shape index (κ2) is 4.04. The van der Waals surface area contributed by atoms with Gasteiger partial charge in [0, 0.05) is 6.92 Å². The van der Waals surface area contributed by atoms with Crippen molar-refractivity contribution in [3.05, 3.63) is 0 Å². The van der Waals surface area contributed by atoms with Crippen LogP contribution in [0.25, 0.3) is 0 Å². The minimum atomic E-state index is -0.00963. The van der Waals surface area contributed by atoms with Crippen LogP contribution in [-0.2, 0) is 9.59 Å². The van der Waals surface area contributed by atoms with Crippen molar-refractivity contribution < 1.29 is 9.59 Å². The molecule has 0 aromatic rings. The summed E-state index contributed by atoms with van der Waals surface area (Å²) in [5.74, 6) is 0.143. The maximum atomic E-state index is 10.3. The Bertz CT molecular complexity index is 135. The van der Waals surface area contributed by atoms with E-state index in [2.05, 4.69) is 0 Å². The summed E-state index contributed by atoms with van der Waals surface area (Å²) in [6.07, 6.45) is 0. The van der Waals surface area contributed by atoms with E-state index >= 15 is 0 Å². The SMILES string of the molecule is CC.CC(=O)N1CC(=O)C1. The Labute approximate surface area is 61.0 Å². The van der Waals surface area contributed by atoms with E-state index in [0.717, 1.165) is 0 Å². The predicted molar refractivity (Wildman–Crippen MR) is 38.6 cm³/mol. The molecule has 1 rings (SSSR count). The molecule has 1 heterocycles. The van der Waals surface area contributed by atoms with E-state index in [0.29, 0.717) is 13.1 Å². The van der Waals surface area contributed by atoms with Gasteiger partial charge in [0.2, 0.25) is 5.91 Å². The number of nitrogens with zero attached hydrogens (tertiary/aromatic N) is 1. The Morgan fingerprint density at radius 2 is 1.80 bits per heavy atom. The van der Waals surface area contributed by atoms with E-state index < -0.39 is 0 Å². The molecule has 1 fully saturated rings. The lowest BCUT2D eigenvalue weighted by molar-refractivity contribution is -0.143. The third-order valence-corrected chi connectivity index (χ3v) is 1.18. The first kappa shape index (κ1) is 9.14. The number of carbonyl (C=O) groups is 2. The van der Waals surface area contributed by atoms with Crippen molar-refractivity contribution in [1.82, 2.24) is 4.90 Å². The van der Waals surface area contributed by atoms with E-state index in [1.165, 1.54) is 11.8 Å². The number of carbonyl (C=O) groups excluding carboxylic acids is 2. The molecule has 0 atom stereocenters. The van der Waals surface area contributed by atoms with Crippen LogP contribution >= 0.6 is 0 Å². The fourth-order valence-corrected chi connectivity index (χ4v) is 0.602. The summed E-state index contributed by atoms with van der Waals surface area (Å²) in [5.41, 5.74) is 0. The van der Waals surface area contributed by atoms with Crippen molar-refractivity contribution in [3.63, 3.8) is 0 Å². The summed E-state index contributed by atoms with van der Waals surface area (Å²) < 4.78 is 0. The molecule has 10 heavy (non-hydrogen) atoms. The molecule has 3 heteroatoms. The van der Waals surface area contributed by atoms with Crippen LogP contribution in [0.1, 0.15) is 20.8 Å². The van der Waals surface area contributed by atoms with Crippen LogP contribution in [0, 0.1) is 0 Å². The van der Waals surface area contributed by atoms with Gasteiger partial charge in [-0.1, -0.05) is 13.8 Å². The molecule has 0 aliphatic carbocycles. The van der Waals surface area contributed by atoms with Gasteiger partial charge in [-0.2, -0.15) is 0 Å². The number of likely N-dealkylation sites (tertiary alicyclic amines) is 1. The maximum Gasteiger partial charge on any atom is 0.220 e. The van der Waals surface area contributed by atoms with Crippen LogP contribution in [0.4, 0.5) is 0 Å². The van der Waals surface area contributed by atoms with Crippen LogP contribution in [-0.4, -0.2) is 29.7 Å². The Kier molecular flexibility index (Phi) is 3.69. The second-order valence-electron chi connectivity index (χ2n) is 1.91. The average molecular weight is 143 g/mol. The molecule has 3 nitrogen and oxygen atoms in total. The first-order chi connectivity index (χ1) is 4.70. The van der Waals surface area contributed by atoms with Gasteiger partial charge in [-0.15, -0.1) is 0 Å². The quantitative estimate of drug-likeness (QED) is 0.493. The molecule has 0 aromatic heterocycles. The summed E-state index contributed by atoms with van der Waals surface area (Å²) in [5, 5.41) is 0. The molecule has 0 aromatic carbocycles. The monoisotopic (exact) mass is 143 g/mol. The van der Waals surface area contributed by atoms with Gasteiger partial charge in [-0.3, -0.25) is 9.59 Å². The normalized spacial score (nSPS) is 15.1. The number of Topliss-reactive ketones (excluding diaryl/α,β-unsaturated/α-hetero) is 1. The van der Waals surface area contributed by atoms with Crippen molar-refractivity contribution in [2.45, 2.75) is 20.8 Å². The zero-order valence-corrected chi connectivity index (χ0v) is 6.68. The van der Waals surface area contributed by atoms with E-state index in [1.807, 2.05) is 13.8 Å². The zero-order chi connectivity index (χ0) is 8.15. The number of hydrogen-bond acceptors (Lipinski definition) is 2. The van der Waals surface area contributed by atoms with Gasteiger partial charge in [0.1, 0.15) is 0 Å². The van der Waals surface area contributed by atoms with E-state index in [-0.39, 0.29) is 11.7 Å². The average Bonchev–Trinajstić information content (AvgIpc) is 1.86. The van der Waals surface area contributed by atoms with Crippen molar-refractivity contribution in [2.75, 3.05) is 13.1 Å². The molecular formula is C7H13NO2.